The molecule has 0 radical (unpaired) electrons. The first-order valence-electron chi connectivity index (χ1n) is 5.18. The zero-order chi connectivity index (χ0) is 14.0. The number of hydrogen-bond donors (Lipinski definition) is 2. The van der Waals surface area contributed by atoms with Crippen LogP contribution < -0.4 is 0 Å². The van der Waals surface area contributed by atoms with Gasteiger partial charge in [0.1, 0.15) is 0 Å². The fourth-order valence-corrected chi connectivity index (χ4v) is 1.84. The van der Waals surface area contributed by atoms with Gasteiger partial charge in [0.15, 0.2) is 17.4 Å². The minimum atomic E-state index is -1.05. The van der Waals surface area contributed by atoms with E-state index in [4.69, 9.17) is 21.9 Å². The summed E-state index contributed by atoms with van der Waals surface area (Å²) in [5.41, 5.74) is 1.17. The second-order valence-corrected chi connectivity index (χ2v) is 4.18. The number of halogens is 3. The standard InChI is InChI=1S/C13H8ClF2NO2/c14-10-3-7(1-2-8(10)6-17-19)9-4-11(15)13(18)12(16)5-9/h1-6,18-19H. The first-order chi connectivity index (χ1) is 9.02. The van der Waals surface area contributed by atoms with Crippen LogP contribution in [0.15, 0.2) is 35.5 Å². The predicted molar refractivity (Wildman–Crippen MR) is 67.8 cm³/mol. The summed E-state index contributed by atoms with van der Waals surface area (Å²) in [5.74, 6) is -3.11. The molecule has 2 rings (SSSR count). The first-order valence-corrected chi connectivity index (χ1v) is 5.56. The molecule has 0 saturated carbocycles. The van der Waals surface area contributed by atoms with Gasteiger partial charge in [0.25, 0.3) is 0 Å². The smallest absolute Gasteiger partial charge is 0.187 e. The Labute approximate surface area is 112 Å². The average Bonchev–Trinajstić information content (AvgIpc) is 2.38. The van der Waals surface area contributed by atoms with Crippen LogP contribution in [-0.2, 0) is 0 Å². The Kier molecular flexibility index (Phi) is 3.66. The van der Waals surface area contributed by atoms with E-state index in [1.165, 1.54) is 6.07 Å². The number of benzene rings is 2. The zero-order valence-corrected chi connectivity index (χ0v) is 10.2. The van der Waals surface area contributed by atoms with Crippen molar-refractivity contribution in [1.29, 1.82) is 0 Å². The summed E-state index contributed by atoms with van der Waals surface area (Å²) in [7, 11) is 0. The van der Waals surface area contributed by atoms with Crippen LogP contribution in [0.4, 0.5) is 8.78 Å². The molecule has 0 atom stereocenters. The molecule has 0 bridgehead atoms. The summed E-state index contributed by atoms with van der Waals surface area (Å²) in [5, 5.41) is 20.6. The molecule has 2 N–H and O–H groups in total. The fourth-order valence-electron chi connectivity index (χ4n) is 1.61. The second kappa shape index (κ2) is 5.24. The van der Waals surface area contributed by atoms with Gasteiger partial charge >= 0.3 is 0 Å². The monoisotopic (exact) mass is 283 g/mol. The number of aromatic hydroxyl groups is 1. The Morgan fingerprint density at radius 2 is 1.68 bits per heavy atom. The molecule has 0 fully saturated rings. The summed E-state index contributed by atoms with van der Waals surface area (Å²) in [6.45, 7) is 0. The van der Waals surface area contributed by atoms with Gasteiger partial charge in [0, 0.05) is 5.56 Å². The highest BCUT2D eigenvalue weighted by Crippen LogP contribution is 2.30. The highest BCUT2D eigenvalue weighted by molar-refractivity contribution is 6.33. The van der Waals surface area contributed by atoms with Crippen LogP contribution in [-0.4, -0.2) is 16.5 Å². The molecule has 2 aromatic rings. The highest BCUT2D eigenvalue weighted by atomic mass is 35.5. The van der Waals surface area contributed by atoms with Gasteiger partial charge in [-0.05, 0) is 29.3 Å². The van der Waals surface area contributed by atoms with Gasteiger partial charge in [-0.1, -0.05) is 28.9 Å². The van der Waals surface area contributed by atoms with Crippen LogP contribution in [0.2, 0.25) is 5.02 Å². The van der Waals surface area contributed by atoms with Gasteiger partial charge in [-0.3, -0.25) is 0 Å². The van der Waals surface area contributed by atoms with E-state index in [0.717, 1.165) is 18.3 Å². The second-order valence-electron chi connectivity index (χ2n) is 3.77. The lowest BCUT2D eigenvalue weighted by Gasteiger charge is -2.06. The zero-order valence-electron chi connectivity index (χ0n) is 9.44. The Morgan fingerprint density at radius 1 is 1.05 bits per heavy atom. The number of phenols is 1. The van der Waals surface area contributed by atoms with E-state index in [1.807, 2.05) is 0 Å². The van der Waals surface area contributed by atoms with Crippen molar-refractivity contribution < 1.29 is 19.1 Å². The van der Waals surface area contributed by atoms with Gasteiger partial charge < -0.3 is 10.3 Å². The molecule has 0 unspecified atom stereocenters. The molecule has 0 amide bonds. The van der Waals surface area contributed by atoms with E-state index in [0.29, 0.717) is 11.1 Å². The summed E-state index contributed by atoms with van der Waals surface area (Å²) in [6, 6.07) is 6.59. The summed E-state index contributed by atoms with van der Waals surface area (Å²) < 4.78 is 26.5. The third kappa shape index (κ3) is 2.66. The van der Waals surface area contributed by atoms with Gasteiger partial charge in [-0.2, -0.15) is 0 Å². The van der Waals surface area contributed by atoms with Crippen molar-refractivity contribution >= 4 is 17.8 Å². The van der Waals surface area contributed by atoms with Gasteiger partial charge in [-0.25, -0.2) is 8.78 Å². The average molecular weight is 284 g/mol. The third-order valence-electron chi connectivity index (χ3n) is 2.55. The van der Waals surface area contributed by atoms with Crippen LogP contribution in [0.3, 0.4) is 0 Å². The number of phenolic OH excluding ortho intramolecular Hbond substituents is 1. The molecule has 0 spiro atoms. The molecule has 0 aliphatic rings. The molecule has 19 heavy (non-hydrogen) atoms. The normalized spacial score (nSPS) is 11.1. The Balaban J connectivity index is 2.51. The van der Waals surface area contributed by atoms with Crippen molar-refractivity contribution in [3.8, 4) is 16.9 Å². The summed E-state index contributed by atoms with van der Waals surface area (Å²) in [4.78, 5) is 0. The lowest BCUT2D eigenvalue weighted by Crippen LogP contribution is -1.88. The Morgan fingerprint density at radius 3 is 2.21 bits per heavy atom. The van der Waals surface area contributed by atoms with Crippen molar-refractivity contribution in [2.75, 3.05) is 0 Å². The van der Waals surface area contributed by atoms with Crippen LogP contribution in [0.25, 0.3) is 11.1 Å². The largest absolute Gasteiger partial charge is 0.503 e. The molecule has 0 aliphatic heterocycles. The van der Waals surface area contributed by atoms with E-state index >= 15 is 0 Å². The number of nitrogens with zero attached hydrogens (tertiary/aromatic N) is 1. The number of hydrogen-bond acceptors (Lipinski definition) is 3. The van der Waals surface area contributed by atoms with Gasteiger partial charge in [0.05, 0.1) is 11.2 Å². The van der Waals surface area contributed by atoms with Gasteiger partial charge in [0.2, 0.25) is 0 Å². The molecule has 6 heteroatoms. The van der Waals surface area contributed by atoms with E-state index in [-0.39, 0.29) is 10.6 Å². The maximum atomic E-state index is 13.2. The molecule has 0 aromatic heterocycles. The van der Waals surface area contributed by atoms with Crippen molar-refractivity contribution in [2.24, 2.45) is 5.16 Å². The topological polar surface area (TPSA) is 52.8 Å². The molecule has 0 heterocycles. The Bertz CT molecular complexity index is 636. The molecular weight excluding hydrogens is 276 g/mol. The lowest BCUT2D eigenvalue weighted by molar-refractivity contribution is 0.322. The molecule has 3 nitrogen and oxygen atoms in total. The lowest BCUT2D eigenvalue weighted by atomic mass is 10.0. The molecule has 0 saturated heterocycles. The number of rotatable bonds is 2. The summed E-state index contributed by atoms with van der Waals surface area (Å²) >= 11 is 5.93. The maximum Gasteiger partial charge on any atom is 0.187 e. The minimum absolute atomic E-state index is 0.238. The predicted octanol–water partition coefficient (Wildman–Crippen LogP) is 3.80. The van der Waals surface area contributed by atoms with Crippen molar-refractivity contribution in [2.45, 2.75) is 0 Å². The molecular formula is C13H8ClF2NO2. The molecule has 2 aromatic carbocycles. The van der Waals surface area contributed by atoms with Crippen molar-refractivity contribution in [3.63, 3.8) is 0 Å². The van der Waals surface area contributed by atoms with Crippen molar-refractivity contribution in [1.82, 2.24) is 0 Å². The van der Waals surface area contributed by atoms with Crippen LogP contribution in [0, 0.1) is 11.6 Å². The van der Waals surface area contributed by atoms with E-state index < -0.39 is 17.4 Å². The third-order valence-corrected chi connectivity index (χ3v) is 2.87. The number of oxime groups is 1. The van der Waals surface area contributed by atoms with Gasteiger partial charge in [-0.15, -0.1) is 0 Å². The Hall–Kier alpha value is -2.14. The van der Waals surface area contributed by atoms with E-state index in [1.54, 1.807) is 12.1 Å². The van der Waals surface area contributed by atoms with E-state index in [2.05, 4.69) is 5.16 Å². The van der Waals surface area contributed by atoms with E-state index in [9.17, 15) is 8.78 Å². The molecule has 98 valence electrons. The van der Waals surface area contributed by atoms with Crippen LogP contribution >= 0.6 is 11.6 Å². The quantitative estimate of drug-likeness (QED) is 0.500. The maximum absolute atomic E-state index is 13.2. The first kappa shape index (κ1) is 13.3. The van der Waals surface area contributed by atoms with Crippen LogP contribution in [0.1, 0.15) is 5.56 Å². The molecule has 0 aliphatic carbocycles. The SMILES string of the molecule is ON=Cc1ccc(-c2cc(F)c(O)c(F)c2)cc1Cl. The fraction of sp³-hybridized carbons (Fsp3) is 0. The summed E-state index contributed by atoms with van der Waals surface area (Å²) in [6.07, 6.45) is 1.14. The minimum Gasteiger partial charge on any atom is -0.503 e. The highest BCUT2D eigenvalue weighted by Gasteiger charge is 2.11. The van der Waals surface area contributed by atoms with Crippen molar-refractivity contribution in [3.05, 3.63) is 52.6 Å². The van der Waals surface area contributed by atoms with Crippen LogP contribution in [0.5, 0.6) is 5.75 Å².